The molecule has 6 heteroatoms. The number of nitrogen functional groups attached to an aromatic ring is 1. The van der Waals surface area contributed by atoms with Gasteiger partial charge in [0.15, 0.2) is 0 Å². The normalized spacial score (nSPS) is 11.0. The van der Waals surface area contributed by atoms with Crippen LogP contribution in [0.5, 0.6) is 5.88 Å². The highest BCUT2D eigenvalue weighted by molar-refractivity contribution is 5.51. The lowest BCUT2D eigenvalue weighted by atomic mass is 10.3. The fourth-order valence-corrected chi connectivity index (χ4v) is 1.74. The van der Waals surface area contributed by atoms with Gasteiger partial charge in [-0.25, -0.2) is 4.98 Å². The summed E-state index contributed by atoms with van der Waals surface area (Å²) >= 11 is 0. The van der Waals surface area contributed by atoms with E-state index < -0.39 is 0 Å². The SMILES string of the molecule is CCOc1nc2nc(CCCOC)cn2cc1N. The van der Waals surface area contributed by atoms with Crippen LogP contribution >= 0.6 is 0 Å². The zero-order valence-corrected chi connectivity index (χ0v) is 10.7. The number of imidazole rings is 1. The number of nitrogens with zero attached hydrogens (tertiary/aromatic N) is 3. The Morgan fingerprint density at radius 2 is 2.17 bits per heavy atom. The van der Waals surface area contributed by atoms with Crippen molar-refractivity contribution in [2.75, 3.05) is 26.1 Å². The summed E-state index contributed by atoms with van der Waals surface area (Å²) in [6.07, 6.45) is 5.51. The lowest BCUT2D eigenvalue weighted by Gasteiger charge is -2.04. The third kappa shape index (κ3) is 2.70. The lowest BCUT2D eigenvalue weighted by molar-refractivity contribution is 0.195. The quantitative estimate of drug-likeness (QED) is 0.782. The molecule has 0 unspecified atom stereocenters. The van der Waals surface area contributed by atoms with E-state index in [1.807, 2.05) is 17.5 Å². The maximum absolute atomic E-state index is 5.85. The molecule has 2 aromatic heterocycles. The molecule has 0 saturated heterocycles. The second-order valence-electron chi connectivity index (χ2n) is 3.97. The van der Waals surface area contributed by atoms with Crippen molar-refractivity contribution >= 4 is 11.5 Å². The summed E-state index contributed by atoms with van der Waals surface area (Å²) in [6, 6.07) is 0. The zero-order chi connectivity index (χ0) is 13.0. The number of methoxy groups -OCH3 is 1. The van der Waals surface area contributed by atoms with Crippen LogP contribution in [-0.2, 0) is 11.2 Å². The Morgan fingerprint density at radius 3 is 2.89 bits per heavy atom. The molecule has 0 atom stereocenters. The van der Waals surface area contributed by atoms with Crippen LogP contribution in [0.3, 0.4) is 0 Å². The molecule has 0 fully saturated rings. The summed E-state index contributed by atoms with van der Waals surface area (Å²) in [5.74, 6) is 1.05. The molecule has 18 heavy (non-hydrogen) atoms. The topological polar surface area (TPSA) is 74.7 Å². The van der Waals surface area contributed by atoms with E-state index >= 15 is 0 Å². The number of nitrogens with two attached hydrogens (primary N) is 1. The van der Waals surface area contributed by atoms with Gasteiger partial charge in [0.2, 0.25) is 11.7 Å². The van der Waals surface area contributed by atoms with E-state index in [0.717, 1.165) is 25.1 Å². The number of aromatic nitrogens is 3. The van der Waals surface area contributed by atoms with Gasteiger partial charge >= 0.3 is 0 Å². The molecule has 0 aromatic carbocycles. The molecule has 0 radical (unpaired) electrons. The fraction of sp³-hybridized carbons (Fsp3) is 0.500. The molecule has 0 bridgehead atoms. The molecule has 2 N–H and O–H groups in total. The van der Waals surface area contributed by atoms with Crippen LogP contribution in [0.15, 0.2) is 12.4 Å². The number of aryl methyl sites for hydroxylation is 1. The van der Waals surface area contributed by atoms with Crippen molar-refractivity contribution in [1.82, 2.24) is 14.4 Å². The Morgan fingerprint density at radius 1 is 1.33 bits per heavy atom. The Hall–Kier alpha value is -1.82. The summed E-state index contributed by atoms with van der Waals surface area (Å²) in [5, 5.41) is 0. The van der Waals surface area contributed by atoms with E-state index in [1.165, 1.54) is 0 Å². The Labute approximate surface area is 106 Å². The molecule has 0 aliphatic rings. The lowest BCUT2D eigenvalue weighted by Crippen LogP contribution is -2.02. The van der Waals surface area contributed by atoms with E-state index in [0.29, 0.717) is 24.0 Å². The molecule has 0 aliphatic heterocycles. The number of fused-ring (bicyclic) bond motifs is 1. The number of hydrogen-bond donors (Lipinski definition) is 1. The van der Waals surface area contributed by atoms with Gasteiger partial charge in [0, 0.05) is 26.1 Å². The van der Waals surface area contributed by atoms with E-state index in [1.54, 1.807) is 13.3 Å². The van der Waals surface area contributed by atoms with Gasteiger partial charge in [-0.2, -0.15) is 4.98 Å². The maximum atomic E-state index is 5.85. The molecule has 6 nitrogen and oxygen atoms in total. The van der Waals surface area contributed by atoms with Crippen molar-refractivity contribution in [2.45, 2.75) is 19.8 Å². The van der Waals surface area contributed by atoms with Crippen LogP contribution in [0, 0.1) is 0 Å². The minimum Gasteiger partial charge on any atom is -0.476 e. The number of hydrogen-bond acceptors (Lipinski definition) is 5. The summed E-state index contributed by atoms with van der Waals surface area (Å²) < 4.78 is 12.2. The first-order valence-corrected chi connectivity index (χ1v) is 6.00. The van der Waals surface area contributed by atoms with Crippen LogP contribution in [0.25, 0.3) is 5.78 Å². The van der Waals surface area contributed by atoms with Gasteiger partial charge in [-0.15, -0.1) is 0 Å². The fourth-order valence-electron chi connectivity index (χ4n) is 1.74. The van der Waals surface area contributed by atoms with Crippen LogP contribution < -0.4 is 10.5 Å². The van der Waals surface area contributed by atoms with Gasteiger partial charge in [0.1, 0.15) is 5.69 Å². The van der Waals surface area contributed by atoms with Crippen molar-refractivity contribution in [3.63, 3.8) is 0 Å². The Kier molecular flexibility index (Phi) is 3.99. The third-order valence-corrected chi connectivity index (χ3v) is 2.55. The molecular formula is C12H18N4O2. The predicted molar refractivity (Wildman–Crippen MR) is 68.8 cm³/mol. The van der Waals surface area contributed by atoms with E-state index in [2.05, 4.69) is 9.97 Å². The molecule has 2 heterocycles. The molecular weight excluding hydrogens is 232 g/mol. The maximum Gasteiger partial charge on any atom is 0.242 e. The van der Waals surface area contributed by atoms with Gasteiger partial charge in [0.05, 0.1) is 12.3 Å². The number of anilines is 1. The first-order valence-electron chi connectivity index (χ1n) is 6.00. The van der Waals surface area contributed by atoms with Gasteiger partial charge in [-0.1, -0.05) is 0 Å². The summed E-state index contributed by atoms with van der Waals surface area (Å²) in [4.78, 5) is 8.72. The smallest absolute Gasteiger partial charge is 0.242 e. The average molecular weight is 250 g/mol. The Bertz CT molecular complexity index is 524. The minimum absolute atomic E-state index is 0.444. The molecule has 0 amide bonds. The van der Waals surface area contributed by atoms with Crippen molar-refractivity contribution in [2.24, 2.45) is 0 Å². The summed E-state index contributed by atoms with van der Waals surface area (Å²) in [7, 11) is 1.69. The molecule has 2 rings (SSSR count). The zero-order valence-electron chi connectivity index (χ0n) is 10.7. The van der Waals surface area contributed by atoms with E-state index in [4.69, 9.17) is 15.2 Å². The monoisotopic (exact) mass is 250 g/mol. The standard InChI is InChI=1S/C12H18N4O2/c1-3-18-11-10(13)8-16-7-9(5-4-6-17-2)14-12(16)15-11/h7-8H,3-6,13H2,1-2H3. The average Bonchev–Trinajstić information content (AvgIpc) is 2.72. The number of rotatable bonds is 6. The van der Waals surface area contributed by atoms with Crippen molar-refractivity contribution < 1.29 is 9.47 Å². The summed E-state index contributed by atoms with van der Waals surface area (Å²) in [6.45, 7) is 3.16. The van der Waals surface area contributed by atoms with Crippen molar-refractivity contribution in [3.8, 4) is 5.88 Å². The van der Waals surface area contributed by atoms with Crippen molar-refractivity contribution in [1.29, 1.82) is 0 Å². The second kappa shape index (κ2) is 5.68. The van der Waals surface area contributed by atoms with Gasteiger partial charge in [-0.05, 0) is 19.8 Å². The predicted octanol–water partition coefficient (Wildman–Crippen LogP) is 1.29. The first-order chi connectivity index (χ1) is 8.74. The largest absolute Gasteiger partial charge is 0.476 e. The van der Waals surface area contributed by atoms with Gasteiger partial charge < -0.3 is 15.2 Å². The van der Waals surface area contributed by atoms with Crippen molar-refractivity contribution in [3.05, 3.63) is 18.1 Å². The molecule has 2 aromatic rings. The van der Waals surface area contributed by atoms with E-state index in [9.17, 15) is 0 Å². The first kappa shape index (κ1) is 12.6. The van der Waals surface area contributed by atoms with Gasteiger partial charge in [-0.3, -0.25) is 4.40 Å². The minimum atomic E-state index is 0.444. The Balaban J connectivity index is 2.22. The van der Waals surface area contributed by atoms with Crippen LogP contribution in [0.2, 0.25) is 0 Å². The van der Waals surface area contributed by atoms with Crippen LogP contribution in [-0.4, -0.2) is 34.7 Å². The molecule has 0 aliphatic carbocycles. The highest BCUT2D eigenvalue weighted by atomic mass is 16.5. The summed E-state index contributed by atoms with van der Waals surface area (Å²) in [5.41, 5.74) is 7.35. The van der Waals surface area contributed by atoms with Gasteiger partial charge in [0.25, 0.3) is 0 Å². The van der Waals surface area contributed by atoms with E-state index in [-0.39, 0.29) is 0 Å². The highest BCUT2D eigenvalue weighted by Gasteiger charge is 2.08. The second-order valence-corrected chi connectivity index (χ2v) is 3.97. The third-order valence-electron chi connectivity index (χ3n) is 2.55. The van der Waals surface area contributed by atoms with Crippen LogP contribution in [0.4, 0.5) is 5.69 Å². The number of ether oxygens (including phenoxy) is 2. The highest BCUT2D eigenvalue weighted by Crippen LogP contribution is 2.19. The molecule has 98 valence electrons. The van der Waals surface area contributed by atoms with Crippen LogP contribution in [0.1, 0.15) is 19.0 Å². The molecule has 0 saturated carbocycles. The molecule has 0 spiro atoms.